The number of ether oxygens (including phenoxy) is 2. The van der Waals surface area contributed by atoms with E-state index in [1.165, 1.54) is 0 Å². The SMILES string of the molecule is COc1ccc(N=Cc2[c-]c(C=Nc3ccc(OC)cc3)ccc2)cc1.[Cl][Pt+]. The van der Waals surface area contributed by atoms with E-state index in [0.717, 1.165) is 34.0 Å². The third-order valence-electron chi connectivity index (χ3n) is 3.69. The summed E-state index contributed by atoms with van der Waals surface area (Å²) in [4.78, 5) is 8.92. The second-order valence-electron chi connectivity index (χ2n) is 5.47. The molecule has 0 amide bonds. The number of aliphatic imine (C=N–C) groups is 2. The van der Waals surface area contributed by atoms with Gasteiger partial charge in [-0.1, -0.05) is 0 Å². The van der Waals surface area contributed by atoms with Gasteiger partial charge in [-0.2, -0.15) is 0 Å². The van der Waals surface area contributed by atoms with Crippen LogP contribution >= 0.6 is 9.42 Å². The van der Waals surface area contributed by atoms with Gasteiger partial charge in [-0.15, -0.1) is 35.4 Å². The van der Waals surface area contributed by atoms with Gasteiger partial charge in [-0.25, -0.2) is 0 Å². The van der Waals surface area contributed by atoms with Crippen molar-refractivity contribution in [3.05, 3.63) is 83.9 Å². The van der Waals surface area contributed by atoms with Crippen LogP contribution in [-0.4, -0.2) is 26.6 Å². The van der Waals surface area contributed by atoms with Crippen LogP contribution in [0.15, 0.2) is 76.7 Å². The second kappa shape index (κ2) is 12.1. The van der Waals surface area contributed by atoms with Crippen LogP contribution in [0.2, 0.25) is 0 Å². The second-order valence-corrected chi connectivity index (χ2v) is 5.47. The standard InChI is InChI=1S/C22H19N2O2.ClH.Pt/c1-25-21-10-6-19(7-11-21)23-15-17-4-3-5-18(14-17)16-24-20-8-12-22(26-2)13-9-20;;/h3-13,15-16H,1-2H3;1H;/q-1;;+2/p-1. The molecule has 0 radical (unpaired) electrons. The molecule has 28 heavy (non-hydrogen) atoms. The van der Waals surface area contributed by atoms with E-state index in [1.54, 1.807) is 45.4 Å². The first-order valence-corrected chi connectivity index (χ1v) is 11.1. The van der Waals surface area contributed by atoms with Crippen molar-refractivity contribution in [2.45, 2.75) is 0 Å². The summed E-state index contributed by atoms with van der Waals surface area (Å²) in [5.74, 6) is 1.62. The van der Waals surface area contributed by atoms with Gasteiger partial charge in [0.15, 0.2) is 0 Å². The molecule has 4 nitrogen and oxygen atoms in total. The van der Waals surface area contributed by atoms with Crippen LogP contribution in [0.3, 0.4) is 0 Å². The Hall–Kier alpha value is -2.42. The molecule has 0 unspecified atom stereocenters. The molecule has 3 rings (SSSR count). The molecule has 3 aromatic carbocycles. The fourth-order valence-corrected chi connectivity index (χ4v) is 2.28. The molecule has 0 aromatic heterocycles. The summed E-state index contributed by atoms with van der Waals surface area (Å²) in [6, 6.07) is 24.3. The zero-order valence-corrected chi connectivity index (χ0v) is 18.4. The van der Waals surface area contributed by atoms with Crippen molar-refractivity contribution in [1.82, 2.24) is 0 Å². The summed E-state index contributed by atoms with van der Waals surface area (Å²) in [7, 11) is 7.90. The molecule has 3 aromatic rings. The Bertz CT molecular complexity index is 838. The number of benzene rings is 3. The summed E-state index contributed by atoms with van der Waals surface area (Å²) < 4.78 is 10.3. The molecular weight excluding hydrogens is 555 g/mol. The number of rotatable bonds is 6. The number of hydrogen-bond donors (Lipinski definition) is 0. The maximum absolute atomic E-state index is 5.14. The predicted molar refractivity (Wildman–Crippen MR) is 112 cm³/mol. The maximum atomic E-state index is 5.14. The van der Waals surface area contributed by atoms with Gasteiger partial charge in [0.05, 0.1) is 25.6 Å². The first kappa shape index (κ1) is 21.9. The zero-order valence-electron chi connectivity index (χ0n) is 15.4. The molecule has 0 N–H and O–H groups in total. The quantitative estimate of drug-likeness (QED) is 0.281. The van der Waals surface area contributed by atoms with Crippen LogP contribution in [0.25, 0.3) is 0 Å². The summed E-state index contributed by atoms with van der Waals surface area (Å²) in [5.41, 5.74) is 3.49. The molecule has 6 heteroatoms. The van der Waals surface area contributed by atoms with Crippen molar-refractivity contribution in [3.8, 4) is 11.5 Å². The minimum absolute atomic E-state index is 0.812. The van der Waals surface area contributed by atoms with Gasteiger partial charge in [0, 0.05) is 0 Å². The van der Waals surface area contributed by atoms with Gasteiger partial charge in [0.1, 0.15) is 11.5 Å². The van der Waals surface area contributed by atoms with E-state index in [2.05, 4.69) is 25.5 Å². The molecule has 0 aliphatic carbocycles. The molecule has 0 bridgehead atoms. The van der Waals surface area contributed by atoms with E-state index in [9.17, 15) is 0 Å². The molecule has 0 saturated carbocycles. The van der Waals surface area contributed by atoms with Crippen LogP contribution in [0.5, 0.6) is 11.5 Å². The topological polar surface area (TPSA) is 43.2 Å². The first-order chi connectivity index (χ1) is 13.8. The van der Waals surface area contributed by atoms with E-state index >= 15 is 0 Å². The number of methoxy groups -OCH3 is 2. The van der Waals surface area contributed by atoms with E-state index in [4.69, 9.17) is 9.47 Å². The molecule has 0 heterocycles. The average Bonchev–Trinajstić information content (AvgIpc) is 2.78. The van der Waals surface area contributed by atoms with Crippen molar-refractivity contribution in [2.24, 2.45) is 9.98 Å². The van der Waals surface area contributed by atoms with Gasteiger partial charge in [0.2, 0.25) is 0 Å². The third-order valence-corrected chi connectivity index (χ3v) is 3.69. The number of nitrogens with zero attached hydrogens (tertiary/aromatic N) is 2. The van der Waals surface area contributed by atoms with Gasteiger partial charge in [-0.3, -0.25) is 9.98 Å². The predicted octanol–water partition coefficient (Wildman–Crippen LogP) is 5.69. The van der Waals surface area contributed by atoms with Crippen LogP contribution in [0, 0.1) is 6.07 Å². The zero-order chi connectivity index (χ0) is 20.2. The molecule has 0 aliphatic heterocycles. The molecule has 0 aliphatic rings. The average molecular weight is 574 g/mol. The Balaban J connectivity index is 0.00000136. The van der Waals surface area contributed by atoms with E-state index in [-0.39, 0.29) is 0 Å². The first-order valence-electron chi connectivity index (χ1n) is 8.27. The van der Waals surface area contributed by atoms with Crippen molar-refractivity contribution in [1.29, 1.82) is 0 Å². The molecule has 0 fully saturated rings. The minimum atomic E-state index is 0.812. The van der Waals surface area contributed by atoms with Crippen LogP contribution < -0.4 is 9.47 Å². The van der Waals surface area contributed by atoms with Gasteiger partial charge >= 0.3 is 28.2 Å². The third kappa shape index (κ3) is 6.95. The molecule has 0 saturated heterocycles. The summed E-state index contributed by atoms with van der Waals surface area (Å²) in [6.45, 7) is 0. The molecule has 0 atom stereocenters. The monoisotopic (exact) mass is 573 g/mol. The Morgan fingerprint density at radius 2 is 1.11 bits per heavy atom. The fraction of sp³-hybridized carbons (Fsp3) is 0.0909. The molecule has 146 valence electrons. The van der Waals surface area contributed by atoms with Gasteiger partial charge in [0.25, 0.3) is 0 Å². The van der Waals surface area contributed by atoms with Gasteiger partial charge < -0.3 is 9.47 Å². The molecular formula is C22H19ClN2O2Pt. The Morgan fingerprint density at radius 1 is 0.714 bits per heavy atom. The number of halogens is 1. The Kier molecular flexibility index (Phi) is 9.47. The van der Waals surface area contributed by atoms with Crippen molar-refractivity contribution >= 4 is 33.2 Å². The summed E-state index contributed by atoms with van der Waals surface area (Å²) in [5, 5.41) is 0. The normalized spacial score (nSPS) is 10.6. The number of hydrogen-bond acceptors (Lipinski definition) is 4. The van der Waals surface area contributed by atoms with E-state index in [1.807, 2.05) is 66.7 Å². The van der Waals surface area contributed by atoms with Crippen molar-refractivity contribution in [2.75, 3.05) is 14.2 Å². The molecule has 0 spiro atoms. The Morgan fingerprint density at radius 3 is 1.46 bits per heavy atom. The van der Waals surface area contributed by atoms with Gasteiger partial charge in [-0.05, 0) is 61.0 Å². The Labute approximate surface area is 180 Å². The fourth-order valence-electron chi connectivity index (χ4n) is 2.28. The van der Waals surface area contributed by atoms with Crippen LogP contribution in [-0.2, 0) is 18.8 Å². The van der Waals surface area contributed by atoms with Crippen LogP contribution in [0.1, 0.15) is 11.1 Å². The van der Waals surface area contributed by atoms with E-state index < -0.39 is 0 Å². The van der Waals surface area contributed by atoms with Crippen LogP contribution in [0.4, 0.5) is 11.4 Å². The van der Waals surface area contributed by atoms with Crippen molar-refractivity contribution < 1.29 is 28.2 Å². The summed E-state index contributed by atoms with van der Waals surface area (Å²) >= 11 is 1.61. The van der Waals surface area contributed by atoms with Crippen molar-refractivity contribution in [3.63, 3.8) is 0 Å². The van der Waals surface area contributed by atoms with E-state index in [0.29, 0.717) is 0 Å². The summed E-state index contributed by atoms with van der Waals surface area (Å²) in [6.07, 6.45) is 3.57.